The smallest absolute Gasteiger partial charge is 0.274 e. The summed E-state index contributed by atoms with van der Waals surface area (Å²) in [5.74, 6) is -0.0425. The maximum absolute atomic E-state index is 13.0. The summed E-state index contributed by atoms with van der Waals surface area (Å²) in [6.45, 7) is 4.10. The Morgan fingerprint density at radius 3 is 2.34 bits per heavy atom. The summed E-state index contributed by atoms with van der Waals surface area (Å²) in [5.41, 5.74) is 3.31. The first kappa shape index (κ1) is 19.4. The minimum Gasteiger partial charge on any atom is -0.378 e. The number of hydrogen-bond donors (Lipinski definition) is 0. The lowest BCUT2D eigenvalue weighted by Crippen LogP contribution is -2.50. The van der Waals surface area contributed by atoms with Gasteiger partial charge >= 0.3 is 0 Å². The second-order valence-corrected chi connectivity index (χ2v) is 8.36. The molecule has 7 heteroatoms. The lowest BCUT2D eigenvalue weighted by molar-refractivity contribution is 0.0534. The van der Waals surface area contributed by atoms with Crippen molar-refractivity contribution in [3.8, 4) is 0 Å². The number of benzene rings is 2. The number of nitrogens with zero attached hydrogens (tertiary/aromatic N) is 4. The molecule has 0 N–H and O–H groups in total. The average molecular weight is 409 g/mol. The molecule has 3 aromatic rings. The van der Waals surface area contributed by atoms with Crippen LogP contribution in [0.25, 0.3) is 10.1 Å². The van der Waals surface area contributed by atoms with Gasteiger partial charge in [-0.15, -0.1) is 0 Å². The molecule has 150 valence electrons. The third-order valence-corrected chi connectivity index (χ3v) is 6.12. The van der Waals surface area contributed by atoms with Gasteiger partial charge in [-0.3, -0.25) is 9.59 Å². The Morgan fingerprint density at radius 1 is 0.966 bits per heavy atom. The van der Waals surface area contributed by atoms with Crippen molar-refractivity contribution in [2.75, 3.05) is 45.2 Å². The number of fused-ring (bicyclic) bond motifs is 1. The number of anilines is 1. The third-order valence-electron chi connectivity index (χ3n) is 5.29. The zero-order chi connectivity index (χ0) is 20.5. The maximum atomic E-state index is 13.0. The van der Waals surface area contributed by atoms with Gasteiger partial charge < -0.3 is 14.7 Å². The number of rotatable bonds is 3. The van der Waals surface area contributed by atoms with E-state index in [1.165, 1.54) is 11.5 Å². The van der Waals surface area contributed by atoms with Crippen molar-refractivity contribution in [2.45, 2.75) is 6.92 Å². The van der Waals surface area contributed by atoms with Gasteiger partial charge in [0.25, 0.3) is 11.8 Å². The number of amides is 2. The van der Waals surface area contributed by atoms with Crippen molar-refractivity contribution >= 4 is 39.1 Å². The molecule has 29 heavy (non-hydrogen) atoms. The van der Waals surface area contributed by atoms with Crippen LogP contribution in [0.4, 0.5) is 5.69 Å². The summed E-state index contributed by atoms with van der Waals surface area (Å²) in [6.07, 6.45) is 0. The fourth-order valence-corrected chi connectivity index (χ4v) is 4.32. The molecular formula is C22H24N4O2S. The van der Waals surface area contributed by atoms with Crippen LogP contribution in [0.3, 0.4) is 0 Å². The molecule has 1 saturated heterocycles. The van der Waals surface area contributed by atoms with Crippen LogP contribution in [-0.4, -0.2) is 66.3 Å². The quantitative estimate of drug-likeness (QED) is 0.668. The van der Waals surface area contributed by atoms with Crippen molar-refractivity contribution < 1.29 is 9.59 Å². The van der Waals surface area contributed by atoms with Crippen LogP contribution in [0, 0.1) is 6.92 Å². The molecule has 2 heterocycles. The molecular weight excluding hydrogens is 384 g/mol. The molecule has 2 amide bonds. The first-order valence-electron chi connectivity index (χ1n) is 9.66. The van der Waals surface area contributed by atoms with Gasteiger partial charge in [0.1, 0.15) is 5.69 Å². The second kappa shape index (κ2) is 7.83. The SMILES string of the molecule is Cc1ccc2snc(C(=O)N3CCN(C(=O)c4cccc(N(C)C)c4)CC3)c2c1. The molecule has 1 fully saturated rings. The van der Waals surface area contributed by atoms with Gasteiger partial charge in [-0.2, -0.15) is 4.37 Å². The monoisotopic (exact) mass is 408 g/mol. The van der Waals surface area contributed by atoms with Crippen LogP contribution >= 0.6 is 11.5 Å². The summed E-state index contributed by atoms with van der Waals surface area (Å²) in [6, 6.07) is 13.7. The van der Waals surface area contributed by atoms with E-state index >= 15 is 0 Å². The minimum atomic E-state index is -0.0523. The van der Waals surface area contributed by atoms with E-state index in [9.17, 15) is 9.59 Å². The molecule has 6 nitrogen and oxygen atoms in total. The lowest BCUT2D eigenvalue weighted by Gasteiger charge is -2.34. The van der Waals surface area contributed by atoms with Crippen LogP contribution in [0.5, 0.6) is 0 Å². The lowest BCUT2D eigenvalue weighted by atomic mass is 10.1. The van der Waals surface area contributed by atoms with Crippen molar-refractivity contribution in [3.05, 3.63) is 59.3 Å². The first-order chi connectivity index (χ1) is 13.9. The Balaban J connectivity index is 1.45. The van der Waals surface area contributed by atoms with E-state index in [0.717, 1.165) is 21.3 Å². The van der Waals surface area contributed by atoms with Gasteiger partial charge in [-0.1, -0.05) is 17.7 Å². The fourth-order valence-electron chi connectivity index (χ4n) is 3.57. The molecule has 2 aromatic carbocycles. The van der Waals surface area contributed by atoms with Gasteiger partial charge in [0.2, 0.25) is 0 Å². The Kier molecular flexibility index (Phi) is 5.24. The Hall–Kier alpha value is -2.93. The molecule has 0 saturated carbocycles. The number of aromatic nitrogens is 1. The Labute approximate surface area is 174 Å². The number of carbonyl (C=O) groups is 2. The van der Waals surface area contributed by atoms with Crippen molar-refractivity contribution in [2.24, 2.45) is 0 Å². The second-order valence-electron chi connectivity index (χ2n) is 7.56. The average Bonchev–Trinajstić information content (AvgIpc) is 3.16. The number of aryl methyl sites for hydroxylation is 1. The topological polar surface area (TPSA) is 56.8 Å². The predicted molar refractivity (Wildman–Crippen MR) is 117 cm³/mol. The molecule has 1 aromatic heterocycles. The van der Waals surface area contributed by atoms with Gasteiger partial charge in [0.05, 0.1) is 4.70 Å². The van der Waals surface area contributed by atoms with Crippen LogP contribution < -0.4 is 4.90 Å². The van der Waals surface area contributed by atoms with Crippen molar-refractivity contribution in [1.82, 2.24) is 14.2 Å². The molecule has 0 spiro atoms. The van der Waals surface area contributed by atoms with E-state index in [0.29, 0.717) is 37.4 Å². The van der Waals surface area contributed by atoms with E-state index in [2.05, 4.69) is 4.37 Å². The van der Waals surface area contributed by atoms with Crippen LogP contribution in [0.1, 0.15) is 26.4 Å². The number of hydrogen-bond acceptors (Lipinski definition) is 5. The standard InChI is InChI=1S/C22H24N4O2S/c1-15-7-8-19-18(13-15)20(23-29-19)22(28)26-11-9-25(10-12-26)21(27)16-5-4-6-17(14-16)24(2)3/h4-8,13-14H,9-12H2,1-3H3. The Bertz CT molecular complexity index is 1070. The van der Waals surface area contributed by atoms with Crippen LogP contribution in [0.15, 0.2) is 42.5 Å². The van der Waals surface area contributed by atoms with E-state index in [1.54, 1.807) is 4.90 Å². The predicted octanol–water partition coefficient (Wildman–Crippen LogP) is 3.27. The number of carbonyl (C=O) groups excluding carboxylic acids is 2. The molecule has 4 rings (SSSR count). The van der Waals surface area contributed by atoms with Crippen LogP contribution in [0.2, 0.25) is 0 Å². The number of piperazine rings is 1. The largest absolute Gasteiger partial charge is 0.378 e. The van der Waals surface area contributed by atoms with Gasteiger partial charge in [0.15, 0.2) is 0 Å². The van der Waals surface area contributed by atoms with E-state index in [4.69, 9.17) is 0 Å². The first-order valence-corrected chi connectivity index (χ1v) is 10.4. The molecule has 0 aliphatic carbocycles. The molecule has 0 bridgehead atoms. The highest BCUT2D eigenvalue weighted by Crippen LogP contribution is 2.25. The third kappa shape index (κ3) is 3.82. The minimum absolute atomic E-state index is 0.00975. The highest BCUT2D eigenvalue weighted by Gasteiger charge is 2.27. The fraction of sp³-hybridized carbons (Fsp3) is 0.318. The zero-order valence-electron chi connectivity index (χ0n) is 16.9. The summed E-state index contributed by atoms with van der Waals surface area (Å²) in [5, 5.41) is 0.916. The summed E-state index contributed by atoms with van der Waals surface area (Å²) < 4.78 is 5.43. The van der Waals surface area contributed by atoms with E-state index in [-0.39, 0.29) is 11.8 Å². The molecule has 1 aliphatic heterocycles. The molecule has 1 aliphatic rings. The van der Waals surface area contributed by atoms with Crippen LogP contribution in [-0.2, 0) is 0 Å². The van der Waals surface area contributed by atoms with Gasteiger partial charge in [0, 0.05) is 56.9 Å². The highest BCUT2D eigenvalue weighted by atomic mass is 32.1. The molecule has 0 radical (unpaired) electrons. The molecule has 0 atom stereocenters. The van der Waals surface area contributed by atoms with Crippen molar-refractivity contribution in [3.63, 3.8) is 0 Å². The molecule has 0 unspecified atom stereocenters. The van der Waals surface area contributed by atoms with Gasteiger partial charge in [-0.25, -0.2) is 0 Å². The highest BCUT2D eigenvalue weighted by molar-refractivity contribution is 7.13. The normalized spacial score (nSPS) is 14.3. The van der Waals surface area contributed by atoms with Crippen molar-refractivity contribution in [1.29, 1.82) is 0 Å². The zero-order valence-corrected chi connectivity index (χ0v) is 17.7. The Morgan fingerprint density at radius 2 is 1.66 bits per heavy atom. The maximum Gasteiger partial charge on any atom is 0.274 e. The summed E-state index contributed by atoms with van der Waals surface area (Å²) in [7, 11) is 3.91. The van der Waals surface area contributed by atoms with E-state index in [1.807, 2.05) is 73.3 Å². The van der Waals surface area contributed by atoms with Gasteiger partial charge in [-0.05, 0) is 48.8 Å². The summed E-state index contributed by atoms with van der Waals surface area (Å²) >= 11 is 1.36. The summed E-state index contributed by atoms with van der Waals surface area (Å²) in [4.78, 5) is 31.5. The van der Waals surface area contributed by atoms with E-state index < -0.39 is 0 Å².